The SMILES string of the molecule is CCCc1ccc(OCC(C)C(N)=NO)cc1. The van der Waals surface area contributed by atoms with Crippen LogP contribution in [0.5, 0.6) is 5.75 Å². The smallest absolute Gasteiger partial charge is 0.145 e. The Hall–Kier alpha value is -1.71. The molecular weight excluding hydrogens is 216 g/mol. The van der Waals surface area contributed by atoms with Gasteiger partial charge in [0.1, 0.15) is 11.6 Å². The van der Waals surface area contributed by atoms with E-state index < -0.39 is 0 Å². The second-order valence-corrected chi connectivity index (χ2v) is 4.13. The van der Waals surface area contributed by atoms with Crippen molar-refractivity contribution in [3.8, 4) is 5.75 Å². The summed E-state index contributed by atoms with van der Waals surface area (Å²) in [7, 11) is 0. The van der Waals surface area contributed by atoms with Crippen molar-refractivity contribution in [1.29, 1.82) is 0 Å². The minimum atomic E-state index is -0.102. The third-order valence-corrected chi connectivity index (χ3v) is 2.58. The molecule has 0 aliphatic carbocycles. The highest BCUT2D eigenvalue weighted by atomic mass is 16.5. The van der Waals surface area contributed by atoms with Crippen molar-refractivity contribution in [2.75, 3.05) is 6.61 Å². The van der Waals surface area contributed by atoms with Crippen LogP contribution in [0.4, 0.5) is 0 Å². The molecule has 0 aliphatic rings. The maximum atomic E-state index is 8.51. The zero-order valence-electron chi connectivity index (χ0n) is 10.4. The second kappa shape index (κ2) is 6.78. The molecule has 0 aromatic heterocycles. The average molecular weight is 236 g/mol. The van der Waals surface area contributed by atoms with Gasteiger partial charge in [-0.15, -0.1) is 0 Å². The van der Waals surface area contributed by atoms with Crippen LogP contribution in [0.1, 0.15) is 25.8 Å². The molecule has 94 valence electrons. The number of ether oxygens (including phenoxy) is 1. The molecule has 0 saturated heterocycles. The number of oxime groups is 1. The Morgan fingerprint density at radius 3 is 2.59 bits per heavy atom. The largest absolute Gasteiger partial charge is 0.493 e. The van der Waals surface area contributed by atoms with Gasteiger partial charge in [0.15, 0.2) is 0 Å². The minimum absolute atomic E-state index is 0.102. The fraction of sp³-hybridized carbons (Fsp3) is 0.462. The molecule has 0 radical (unpaired) electrons. The summed E-state index contributed by atoms with van der Waals surface area (Å²) in [6.45, 7) is 4.41. The van der Waals surface area contributed by atoms with Gasteiger partial charge in [-0.25, -0.2) is 0 Å². The molecule has 4 nitrogen and oxygen atoms in total. The molecular formula is C13H20N2O2. The van der Waals surface area contributed by atoms with Crippen LogP contribution in [-0.4, -0.2) is 17.6 Å². The number of nitrogens with zero attached hydrogens (tertiary/aromatic N) is 1. The van der Waals surface area contributed by atoms with Crippen molar-refractivity contribution in [2.45, 2.75) is 26.7 Å². The van der Waals surface area contributed by atoms with Gasteiger partial charge in [-0.1, -0.05) is 37.6 Å². The molecule has 0 heterocycles. The molecule has 0 amide bonds. The van der Waals surface area contributed by atoms with E-state index in [1.807, 2.05) is 19.1 Å². The van der Waals surface area contributed by atoms with E-state index >= 15 is 0 Å². The van der Waals surface area contributed by atoms with Gasteiger partial charge in [-0.05, 0) is 24.1 Å². The van der Waals surface area contributed by atoms with E-state index in [0.717, 1.165) is 18.6 Å². The number of nitrogens with two attached hydrogens (primary N) is 1. The predicted octanol–water partition coefficient (Wildman–Crippen LogP) is 2.40. The minimum Gasteiger partial charge on any atom is -0.493 e. The number of aryl methyl sites for hydroxylation is 1. The second-order valence-electron chi connectivity index (χ2n) is 4.13. The maximum absolute atomic E-state index is 8.51. The van der Waals surface area contributed by atoms with E-state index in [-0.39, 0.29) is 11.8 Å². The Labute approximate surface area is 102 Å². The average Bonchev–Trinajstić information content (AvgIpc) is 2.37. The van der Waals surface area contributed by atoms with E-state index in [4.69, 9.17) is 15.7 Å². The molecule has 1 unspecified atom stereocenters. The Kier molecular flexibility index (Phi) is 5.33. The molecule has 0 fully saturated rings. The number of benzene rings is 1. The highest BCUT2D eigenvalue weighted by Crippen LogP contribution is 2.14. The summed E-state index contributed by atoms with van der Waals surface area (Å²) in [6, 6.07) is 8.02. The van der Waals surface area contributed by atoms with Crippen LogP contribution >= 0.6 is 0 Å². The molecule has 1 aromatic rings. The van der Waals surface area contributed by atoms with Crippen LogP contribution in [0.2, 0.25) is 0 Å². The van der Waals surface area contributed by atoms with E-state index in [1.54, 1.807) is 0 Å². The van der Waals surface area contributed by atoms with Crippen molar-refractivity contribution >= 4 is 5.84 Å². The summed E-state index contributed by atoms with van der Waals surface area (Å²) >= 11 is 0. The number of rotatable bonds is 6. The third-order valence-electron chi connectivity index (χ3n) is 2.58. The molecule has 1 aromatic carbocycles. The molecule has 0 saturated carbocycles. The molecule has 0 bridgehead atoms. The van der Waals surface area contributed by atoms with Crippen LogP contribution in [0, 0.1) is 5.92 Å². The van der Waals surface area contributed by atoms with E-state index in [9.17, 15) is 0 Å². The van der Waals surface area contributed by atoms with Gasteiger partial charge >= 0.3 is 0 Å². The predicted molar refractivity (Wildman–Crippen MR) is 68.5 cm³/mol. The summed E-state index contributed by atoms with van der Waals surface area (Å²) in [4.78, 5) is 0. The van der Waals surface area contributed by atoms with E-state index in [0.29, 0.717) is 6.61 Å². The molecule has 0 aliphatic heterocycles. The van der Waals surface area contributed by atoms with Crippen molar-refractivity contribution in [3.63, 3.8) is 0 Å². The van der Waals surface area contributed by atoms with Gasteiger partial charge in [-0.2, -0.15) is 0 Å². The Balaban J connectivity index is 2.47. The fourth-order valence-electron chi connectivity index (χ4n) is 1.45. The first-order chi connectivity index (χ1) is 8.17. The first kappa shape index (κ1) is 13.4. The Morgan fingerprint density at radius 1 is 1.41 bits per heavy atom. The normalized spacial score (nSPS) is 13.4. The van der Waals surface area contributed by atoms with Gasteiger partial charge < -0.3 is 15.7 Å². The van der Waals surface area contributed by atoms with Crippen molar-refractivity contribution in [2.24, 2.45) is 16.8 Å². The first-order valence-corrected chi connectivity index (χ1v) is 5.86. The molecule has 3 N–H and O–H groups in total. The number of hydrogen-bond donors (Lipinski definition) is 2. The summed E-state index contributed by atoms with van der Waals surface area (Å²) < 4.78 is 5.55. The van der Waals surface area contributed by atoms with Gasteiger partial charge in [0, 0.05) is 0 Å². The van der Waals surface area contributed by atoms with Crippen LogP contribution < -0.4 is 10.5 Å². The lowest BCUT2D eigenvalue weighted by Gasteiger charge is -2.11. The summed E-state index contributed by atoms with van der Waals surface area (Å²) in [6.07, 6.45) is 2.22. The van der Waals surface area contributed by atoms with E-state index in [1.165, 1.54) is 5.56 Å². The van der Waals surface area contributed by atoms with Gasteiger partial charge in [0.25, 0.3) is 0 Å². The lowest BCUT2D eigenvalue weighted by Crippen LogP contribution is -2.26. The topological polar surface area (TPSA) is 67.8 Å². The summed E-state index contributed by atoms with van der Waals surface area (Å²) in [5.74, 6) is 0.894. The maximum Gasteiger partial charge on any atom is 0.145 e. The Morgan fingerprint density at radius 2 is 2.06 bits per heavy atom. The Bertz CT molecular complexity index is 360. The fourth-order valence-corrected chi connectivity index (χ4v) is 1.45. The van der Waals surface area contributed by atoms with Crippen molar-refractivity contribution < 1.29 is 9.94 Å². The van der Waals surface area contributed by atoms with Crippen LogP contribution in [0.25, 0.3) is 0 Å². The summed E-state index contributed by atoms with van der Waals surface area (Å²) in [5, 5.41) is 11.5. The lowest BCUT2D eigenvalue weighted by atomic mass is 10.1. The number of amidine groups is 1. The van der Waals surface area contributed by atoms with Crippen LogP contribution in [0.15, 0.2) is 29.4 Å². The quantitative estimate of drug-likeness (QED) is 0.345. The molecule has 17 heavy (non-hydrogen) atoms. The standard InChI is InChI=1S/C13H20N2O2/c1-3-4-11-5-7-12(8-6-11)17-9-10(2)13(14)15-16/h5-8,10,16H,3-4,9H2,1-2H3,(H2,14,15). The van der Waals surface area contributed by atoms with Crippen molar-refractivity contribution in [1.82, 2.24) is 0 Å². The highest BCUT2D eigenvalue weighted by molar-refractivity contribution is 5.81. The van der Waals surface area contributed by atoms with Crippen LogP contribution in [0.3, 0.4) is 0 Å². The third kappa shape index (κ3) is 4.34. The molecule has 0 spiro atoms. The van der Waals surface area contributed by atoms with Crippen molar-refractivity contribution in [3.05, 3.63) is 29.8 Å². The van der Waals surface area contributed by atoms with E-state index in [2.05, 4.69) is 24.2 Å². The zero-order valence-corrected chi connectivity index (χ0v) is 10.4. The van der Waals surface area contributed by atoms with Crippen LogP contribution in [-0.2, 0) is 6.42 Å². The van der Waals surface area contributed by atoms with Gasteiger partial charge in [-0.3, -0.25) is 0 Å². The monoisotopic (exact) mass is 236 g/mol. The molecule has 4 heteroatoms. The first-order valence-electron chi connectivity index (χ1n) is 5.86. The zero-order chi connectivity index (χ0) is 12.7. The van der Waals surface area contributed by atoms with Gasteiger partial charge in [0.2, 0.25) is 0 Å². The lowest BCUT2D eigenvalue weighted by molar-refractivity contribution is 0.279. The molecule has 1 rings (SSSR count). The molecule has 1 atom stereocenters. The van der Waals surface area contributed by atoms with Gasteiger partial charge in [0.05, 0.1) is 12.5 Å². The summed E-state index contributed by atoms with van der Waals surface area (Å²) in [5.41, 5.74) is 6.77. The number of hydrogen-bond acceptors (Lipinski definition) is 3. The highest BCUT2D eigenvalue weighted by Gasteiger charge is 2.08.